The molecule has 1 aliphatic carbocycles. The molecule has 5 nitrogen and oxygen atoms in total. The number of benzene rings is 1. The Hall–Kier alpha value is -2.64. The molecule has 0 radical (unpaired) electrons. The summed E-state index contributed by atoms with van der Waals surface area (Å²) in [7, 11) is 0. The van der Waals surface area contributed by atoms with Crippen molar-refractivity contribution in [3.63, 3.8) is 0 Å². The lowest BCUT2D eigenvalue weighted by Gasteiger charge is -2.37. The van der Waals surface area contributed by atoms with Crippen LogP contribution in [0.25, 0.3) is 11.1 Å². The van der Waals surface area contributed by atoms with E-state index in [-0.39, 0.29) is 23.8 Å². The Morgan fingerprint density at radius 3 is 2.57 bits per heavy atom. The second kappa shape index (κ2) is 8.24. The Labute approximate surface area is 173 Å². The largest absolute Gasteiger partial charge is 0.416 e. The molecule has 2 aromatic rings. The first kappa shape index (κ1) is 20.6. The monoisotopic (exact) mass is 418 g/mol. The summed E-state index contributed by atoms with van der Waals surface area (Å²) in [5.74, 6) is 0.214. The quantitative estimate of drug-likeness (QED) is 0.762. The Morgan fingerprint density at radius 2 is 1.83 bits per heavy atom. The molecule has 2 N–H and O–H groups in total. The van der Waals surface area contributed by atoms with Gasteiger partial charge in [0.05, 0.1) is 17.3 Å². The van der Waals surface area contributed by atoms with Gasteiger partial charge in [-0.2, -0.15) is 13.2 Å². The fourth-order valence-electron chi connectivity index (χ4n) is 4.64. The number of rotatable bonds is 3. The van der Waals surface area contributed by atoms with Gasteiger partial charge in [-0.05, 0) is 49.8 Å². The van der Waals surface area contributed by atoms with E-state index in [1.807, 2.05) is 4.90 Å². The van der Waals surface area contributed by atoms with Gasteiger partial charge in [0.2, 0.25) is 11.9 Å². The van der Waals surface area contributed by atoms with E-state index in [0.29, 0.717) is 29.8 Å². The first-order valence-corrected chi connectivity index (χ1v) is 10.4. The van der Waals surface area contributed by atoms with E-state index in [9.17, 15) is 18.0 Å². The van der Waals surface area contributed by atoms with E-state index in [1.165, 1.54) is 12.3 Å². The van der Waals surface area contributed by atoms with Crippen molar-refractivity contribution in [3.8, 4) is 11.1 Å². The molecule has 2 aliphatic rings. The number of carbonyl (C=O) groups excluding carboxylic acids is 1. The van der Waals surface area contributed by atoms with Gasteiger partial charge in [-0.25, -0.2) is 9.97 Å². The number of piperidine rings is 1. The van der Waals surface area contributed by atoms with E-state index < -0.39 is 11.7 Å². The van der Waals surface area contributed by atoms with Crippen molar-refractivity contribution < 1.29 is 18.0 Å². The maximum absolute atomic E-state index is 13.2. The maximum atomic E-state index is 13.2. The molecular weight excluding hydrogens is 393 g/mol. The van der Waals surface area contributed by atoms with Crippen LogP contribution in [0.15, 0.2) is 30.5 Å². The van der Waals surface area contributed by atoms with Crippen molar-refractivity contribution in [3.05, 3.63) is 41.7 Å². The van der Waals surface area contributed by atoms with Crippen LogP contribution in [0.4, 0.5) is 19.1 Å². The lowest BCUT2D eigenvalue weighted by atomic mass is 9.92. The smallest absolute Gasteiger partial charge is 0.368 e. The van der Waals surface area contributed by atoms with Crippen LogP contribution in [0, 0.1) is 5.92 Å². The van der Waals surface area contributed by atoms with Gasteiger partial charge in [0, 0.05) is 24.2 Å². The van der Waals surface area contributed by atoms with Crippen LogP contribution >= 0.6 is 0 Å². The molecule has 0 bridgehead atoms. The van der Waals surface area contributed by atoms with E-state index in [2.05, 4.69) is 9.97 Å². The molecule has 30 heavy (non-hydrogen) atoms. The van der Waals surface area contributed by atoms with Crippen molar-refractivity contribution in [2.45, 2.75) is 57.2 Å². The van der Waals surface area contributed by atoms with Gasteiger partial charge in [0.1, 0.15) is 0 Å². The van der Waals surface area contributed by atoms with Gasteiger partial charge in [0.25, 0.3) is 0 Å². The van der Waals surface area contributed by atoms with Crippen LogP contribution in [0.1, 0.15) is 62.2 Å². The summed E-state index contributed by atoms with van der Waals surface area (Å²) in [5.41, 5.74) is 6.52. The van der Waals surface area contributed by atoms with Gasteiger partial charge in [0.15, 0.2) is 0 Å². The third-order valence-electron chi connectivity index (χ3n) is 6.14. The zero-order valence-electron chi connectivity index (χ0n) is 16.7. The number of anilines is 1. The normalized spacial score (nSPS) is 20.5. The van der Waals surface area contributed by atoms with Gasteiger partial charge < -0.3 is 10.6 Å². The lowest BCUT2D eigenvalue weighted by Crippen LogP contribution is -2.42. The summed E-state index contributed by atoms with van der Waals surface area (Å²) in [5, 5.41) is 0. The molecule has 2 heterocycles. The van der Waals surface area contributed by atoms with Crippen LogP contribution in [-0.4, -0.2) is 27.3 Å². The highest BCUT2D eigenvalue weighted by molar-refractivity contribution is 5.80. The van der Waals surface area contributed by atoms with Crippen molar-refractivity contribution in [1.29, 1.82) is 0 Å². The molecular formula is C22H25F3N4O. The molecule has 1 aromatic heterocycles. The summed E-state index contributed by atoms with van der Waals surface area (Å²) in [4.78, 5) is 23.5. The fourth-order valence-corrected chi connectivity index (χ4v) is 4.64. The minimum atomic E-state index is -4.44. The highest BCUT2D eigenvalue weighted by Gasteiger charge is 2.36. The topological polar surface area (TPSA) is 72.1 Å². The molecule has 1 aliphatic heterocycles. The average Bonchev–Trinajstić information content (AvgIpc) is 3.27. The molecule has 4 rings (SSSR count). The Bertz CT molecular complexity index is 925. The van der Waals surface area contributed by atoms with E-state index in [1.54, 1.807) is 6.07 Å². The first-order chi connectivity index (χ1) is 14.3. The van der Waals surface area contributed by atoms with Crippen LogP contribution in [0.3, 0.4) is 0 Å². The van der Waals surface area contributed by atoms with Gasteiger partial charge in [-0.1, -0.05) is 25.0 Å². The standard InChI is InChI=1S/C22H25F3N4O/c23-22(24,25)16-9-5-8-15(12-16)17-13-27-21(26)28-19(17)18-10-3-4-11-29(18)20(30)14-6-1-2-7-14/h5,8-9,12-14,18H,1-4,6-7,10-11H2,(H2,26,27,28)/t18-/m1/s1. The van der Waals surface area contributed by atoms with Crippen LogP contribution < -0.4 is 5.73 Å². The lowest BCUT2D eigenvalue weighted by molar-refractivity contribution is -0.139. The summed E-state index contributed by atoms with van der Waals surface area (Å²) in [6.07, 6.45) is 3.49. The number of halogens is 3. The molecule has 0 unspecified atom stereocenters. The van der Waals surface area contributed by atoms with Crippen molar-refractivity contribution in [1.82, 2.24) is 14.9 Å². The molecule has 160 valence electrons. The zero-order chi connectivity index (χ0) is 21.3. The third-order valence-corrected chi connectivity index (χ3v) is 6.14. The van der Waals surface area contributed by atoms with Gasteiger partial charge in [-0.3, -0.25) is 4.79 Å². The SMILES string of the molecule is Nc1ncc(-c2cccc(C(F)(F)F)c2)c([C@H]2CCCCN2C(=O)C2CCCC2)n1. The number of hydrogen-bond donors (Lipinski definition) is 1. The number of nitrogens with zero attached hydrogens (tertiary/aromatic N) is 3. The number of alkyl halides is 3. The van der Waals surface area contributed by atoms with Crippen molar-refractivity contribution in [2.75, 3.05) is 12.3 Å². The predicted octanol–water partition coefficient (Wildman–Crippen LogP) is 4.99. The zero-order valence-corrected chi connectivity index (χ0v) is 16.7. The summed E-state index contributed by atoms with van der Waals surface area (Å²) >= 11 is 0. The van der Waals surface area contributed by atoms with Crippen LogP contribution in [-0.2, 0) is 11.0 Å². The van der Waals surface area contributed by atoms with E-state index >= 15 is 0 Å². The summed E-state index contributed by atoms with van der Waals surface area (Å²) in [6, 6.07) is 4.82. The highest BCUT2D eigenvalue weighted by Crippen LogP contribution is 2.39. The van der Waals surface area contributed by atoms with E-state index in [4.69, 9.17) is 5.73 Å². The van der Waals surface area contributed by atoms with E-state index in [0.717, 1.165) is 50.7 Å². The second-order valence-corrected chi connectivity index (χ2v) is 8.13. The minimum Gasteiger partial charge on any atom is -0.368 e. The fraction of sp³-hybridized carbons (Fsp3) is 0.500. The highest BCUT2D eigenvalue weighted by atomic mass is 19.4. The Kier molecular flexibility index (Phi) is 5.66. The molecule has 2 fully saturated rings. The number of hydrogen-bond acceptors (Lipinski definition) is 4. The van der Waals surface area contributed by atoms with Crippen LogP contribution in [0.5, 0.6) is 0 Å². The molecule has 1 atom stereocenters. The second-order valence-electron chi connectivity index (χ2n) is 8.13. The number of likely N-dealkylation sites (tertiary alicyclic amines) is 1. The third kappa shape index (κ3) is 4.13. The van der Waals surface area contributed by atoms with Crippen molar-refractivity contribution in [2.24, 2.45) is 5.92 Å². The van der Waals surface area contributed by atoms with Crippen LogP contribution in [0.2, 0.25) is 0 Å². The Morgan fingerprint density at radius 1 is 1.10 bits per heavy atom. The number of carbonyl (C=O) groups is 1. The first-order valence-electron chi connectivity index (χ1n) is 10.4. The van der Waals surface area contributed by atoms with Gasteiger partial charge in [-0.15, -0.1) is 0 Å². The molecule has 1 amide bonds. The number of aromatic nitrogens is 2. The minimum absolute atomic E-state index is 0.0294. The predicted molar refractivity (Wildman–Crippen MR) is 107 cm³/mol. The molecule has 1 saturated carbocycles. The maximum Gasteiger partial charge on any atom is 0.416 e. The number of nitrogen functional groups attached to an aromatic ring is 1. The number of nitrogens with two attached hydrogens (primary N) is 1. The molecule has 1 saturated heterocycles. The molecule has 0 spiro atoms. The van der Waals surface area contributed by atoms with Gasteiger partial charge >= 0.3 is 6.18 Å². The summed E-state index contributed by atoms with van der Waals surface area (Å²) < 4.78 is 39.7. The molecule has 1 aromatic carbocycles. The summed E-state index contributed by atoms with van der Waals surface area (Å²) in [6.45, 7) is 0.631. The average molecular weight is 418 g/mol. The number of amides is 1. The van der Waals surface area contributed by atoms with Crippen molar-refractivity contribution >= 4 is 11.9 Å². The Balaban J connectivity index is 1.75. The molecule has 8 heteroatoms.